The molecule has 0 aliphatic carbocycles. The number of ether oxygens (including phenoxy) is 1. The summed E-state index contributed by atoms with van der Waals surface area (Å²) in [5, 5.41) is 0. The second kappa shape index (κ2) is 12.2. The van der Waals surface area contributed by atoms with Gasteiger partial charge in [0, 0.05) is 24.1 Å². The van der Waals surface area contributed by atoms with E-state index in [4.69, 9.17) is 4.74 Å². The van der Waals surface area contributed by atoms with Crippen molar-refractivity contribution in [2.75, 3.05) is 6.61 Å². The molecule has 0 amide bonds. The van der Waals surface area contributed by atoms with E-state index in [0.717, 1.165) is 31.6 Å². The number of pyridine rings is 1. The van der Waals surface area contributed by atoms with Crippen LogP contribution in [0.25, 0.3) is 0 Å². The smallest absolute Gasteiger partial charge is 0.168 e. The van der Waals surface area contributed by atoms with E-state index in [2.05, 4.69) is 35.2 Å². The Labute approximate surface area is 151 Å². The molecule has 0 fully saturated rings. The molecule has 1 aromatic heterocycles. The van der Waals surface area contributed by atoms with Crippen molar-refractivity contribution in [3.8, 4) is 5.75 Å². The van der Waals surface area contributed by atoms with Crippen molar-refractivity contribution in [3.63, 3.8) is 0 Å². The van der Waals surface area contributed by atoms with Crippen molar-refractivity contribution < 1.29 is 14.1 Å². The molecular formula is C22H30NO2+. The Morgan fingerprint density at radius 3 is 2.00 bits per heavy atom. The molecule has 0 saturated carbocycles. The number of carbonyl (C=O) groups is 1. The van der Waals surface area contributed by atoms with Crippen LogP contribution in [-0.2, 0) is 6.54 Å². The number of aldehydes is 1. The number of benzene rings is 1. The molecule has 134 valence electrons. The molecule has 0 aliphatic rings. The number of hydrogen-bond donors (Lipinski definition) is 0. The summed E-state index contributed by atoms with van der Waals surface area (Å²) in [6.45, 7) is 1.89. The van der Waals surface area contributed by atoms with E-state index in [1.807, 2.05) is 12.1 Å². The van der Waals surface area contributed by atoms with Gasteiger partial charge < -0.3 is 4.74 Å². The van der Waals surface area contributed by atoms with Crippen LogP contribution in [0.15, 0.2) is 54.9 Å². The van der Waals surface area contributed by atoms with Gasteiger partial charge >= 0.3 is 0 Å². The van der Waals surface area contributed by atoms with Gasteiger partial charge in [0.25, 0.3) is 0 Å². The van der Waals surface area contributed by atoms with Crippen LogP contribution in [0.4, 0.5) is 0 Å². The number of rotatable bonds is 13. The lowest BCUT2D eigenvalue weighted by Gasteiger charge is -2.06. The molecule has 1 heterocycles. The molecule has 0 atom stereocenters. The Kier molecular flexibility index (Phi) is 9.38. The van der Waals surface area contributed by atoms with Crippen LogP contribution in [0.1, 0.15) is 61.7 Å². The average molecular weight is 340 g/mol. The van der Waals surface area contributed by atoms with E-state index in [0.29, 0.717) is 5.56 Å². The summed E-state index contributed by atoms with van der Waals surface area (Å²) in [6.07, 6.45) is 15.3. The number of hydrogen-bond acceptors (Lipinski definition) is 2. The lowest BCUT2D eigenvalue weighted by atomic mass is 10.1. The van der Waals surface area contributed by atoms with E-state index in [1.165, 1.54) is 44.9 Å². The number of carbonyl (C=O) groups excluding carboxylic acids is 1. The predicted octanol–water partition coefficient (Wildman–Crippen LogP) is 4.99. The van der Waals surface area contributed by atoms with Crippen molar-refractivity contribution in [2.45, 2.75) is 57.9 Å². The van der Waals surface area contributed by atoms with E-state index in [1.54, 1.807) is 12.1 Å². The minimum atomic E-state index is 0.690. The normalized spacial score (nSPS) is 10.6. The molecule has 1 aromatic carbocycles. The highest BCUT2D eigenvalue weighted by atomic mass is 16.5. The van der Waals surface area contributed by atoms with Gasteiger partial charge in [-0.3, -0.25) is 4.79 Å². The van der Waals surface area contributed by atoms with Crippen molar-refractivity contribution in [1.29, 1.82) is 0 Å². The zero-order chi connectivity index (χ0) is 17.6. The zero-order valence-electron chi connectivity index (χ0n) is 15.1. The second-order valence-electron chi connectivity index (χ2n) is 6.48. The largest absolute Gasteiger partial charge is 0.494 e. The quantitative estimate of drug-likeness (QED) is 0.292. The molecule has 3 nitrogen and oxygen atoms in total. The maximum Gasteiger partial charge on any atom is 0.168 e. The van der Waals surface area contributed by atoms with Gasteiger partial charge in [-0.25, -0.2) is 4.57 Å². The number of unbranched alkanes of at least 4 members (excludes halogenated alkanes) is 7. The Morgan fingerprint density at radius 1 is 0.760 bits per heavy atom. The SMILES string of the molecule is O=Cc1ccc(OCCCCCCCCCC[n+]2ccccc2)cc1. The van der Waals surface area contributed by atoms with Crippen LogP contribution in [0.3, 0.4) is 0 Å². The zero-order valence-corrected chi connectivity index (χ0v) is 15.1. The number of aryl methyl sites for hydroxylation is 1. The lowest BCUT2D eigenvalue weighted by molar-refractivity contribution is -0.697. The van der Waals surface area contributed by atoms with E-state index >= 15 is 0 Å². The van der Waals surface area contributed by atoms with Gasteiger partial charge in [-0.05, 0) is 37.1 Å². The molecule has 0 saturated heterocycles. The summed E-state index contributed by atoms with van der Waals surface area (Å²) < 4.78 is 7.95. The first-order valence-electron chi connectivity index (χ1n) is 9.50. The van der Waals surface area contributed by atoms with Gasteiger partial charge in [-0.1, -0.05) is 38.2 Å². The van der Waals surface area contributed by atoms with Crippen LogP contribution in [-0.4, -0.2) is 12.9 Å². The highest BCUT2D eigenvalue weighted by Crippen LogP contribution is 2.13. The molecule has 0 N–H and O–H groups in total. The third-order valence-electron chi connectivity index (χ3n) is 4.37. The minimum Gasteiger partial charge on any atom is -0.494 e. The maximum absolute atomic E-state index is 10.6. The minimum absolute atomic E-state index is 0.690. The third-order valence-corrected chi connectivity index (χ3v) is 4.37. The van der Waals surface area contributed by atoms with Crippen molar-refractivity contribution in [1.82, 2.24) is 0 Å². The Hall–Kier alpha value is -2.16. The molecule has 25 heavy (non-hydrogen) atoms. The number of nitrogens with zero attached hydrogens (tertiary/aromatic N) is 1. The van der Waals surface area contributed by atoms with Gasteiger partial charge in [0.2, 0.25) is 0 Å². The summed E-state index contributed by atoms with van der Waals surface area (Å²) in [5.74, 6) is 0.849. The summed E-state index contributed by atoms with van der Waals surface area (Å²) in [6, 6.07) is 13.5. The fourth-order valence-electron chi connectivity index (χ4n) is 2.87. The molecular weight excluding hydrogens is 310 g/mol. The maximum atomic E-state index is 10.6. The van der Waals surface area contributed by atoms with E-state index < -0.39 is 0 Å². The summed E-state index contributed by atoms with van der Waals surface area (Å²) in [4.78, 5) is 10.6. The van der Waals surface area contributed by atoms with Crippen LogP contribution in [0, 0.1) is 0 Å². The van der Waals surface area contributed by atoms with E-state index in [-0.39, 0.29) is 0 Å². The van der Waals surface area contributed by atoms with Gasteiger partial charge in [0.15, 0.2) is 12.4 Å². The fourth-order valence-corrected chi connectivity index (χ4v) is 2.87. The van der Waals surface area contributed by atoms with Crippen LogP contribution in [0.2, 0.25) is 0 Å². The highest BCUT2D eigenvalue weighted by Gasteiger charge is 1.98. The molecule has 2 rings (SSSR count). The lowest BCUT2D eigenvalue weighted by Crippen LogP contribution is -2.32. The Morgan fingerprint density at radius 2 is 1.36 bits per heavy atom. The Bertz CT molecular complexity index is 581. The molecule has 0 bridgehead atoms. The van der Waals surface area contributed by atoms with Gasteiger partial charge in [0.05, 0.1) is 6.61 Å². The summed E-state index contributed by atoms with van der Waals surface area (Å²) in [7, 11) is 0. The van der Waals surface area contributed by atoms with Crippen LogP contribution in [0.5, 0.6) is 5.75 Å². The van der Waals surface area contributed by atoms with E-state index in [9.17, 15) is 4.79 Å². The first kappa shape index (κ1) is 19.2. The first-order chi connectivity index (χ1) is 12.4. The van der Waals surface area contributed by atoms with Crippen molar-refractivity contribution >= 4 is 6.29 Å². The van der Waals surface area contributed by atoms with Gasteiger partial charge in [-0.2, -0.15) is 0 Å². The Balaban J connectivity index is 1.37. The first-order valence-corrected chi connectivity index (χ1v) is 9.50. The van der Waals surface area contributed by atoms with Crippen LogP contribution < -0.4 is 9.30 Å². The summed E-state index contributed by atoms with van der Waals surface area (Å²) >= 11 is 0. The monoisotopic (exact) mass is 340 g/mol. The number of aromatic nitrogens is 1. The van der Waals surface area contributed by atoms with Gasteiger partial charge in [-0.15, -0.1) is 0 Å². The third kappa shape index (κ3) is 8.48. The molecule has 0 spiro atoms. The second-order valence-corrected chi connectivity index (χ2v) is 6.48. The van der Waals surface area contributed by atoms with Gasteiger partial charge in [0.1, 0.15) is 18.6 Å². The molecule has 0 aliphatic heterocycles. The highest BCUT2D eigenvalue weighted by molar-refractivity contribution is 5.74. The topological polar surface area (TPSA) is 30.2 Å². The molecule has 3 heteroatoms. The van der Waals surface area contributed by atoms with Crippen molar-refractivity contribution in [3.05, 3.63) is 60.4 Å². The molecule has 0 unspecified atom stereocenters. The fraction of sp³-hybridized carbons (Fsp3) is 0.455. The van der Waals surface area contributed by atoms with Crippen molar-refractivity contribution in [2.24, 2.45) is 0 Å². The molecule has 0 radical (unpaired) electrons. The predicted molar refractivity (Wildman–Crippen MR) is 101 cm³/mol. The molecule has 2 aromatic rings. The summed E-state index contributed by atoms with van der Waals surface area (Å²) in [5.41, 5.74) is 0.690. The standard InChI is InChI=1S/C22H30NO2/c24-20-21-12-14-22(15-13-21)25-19-11-6-4-2-1-3-5-8-16-23-17-9-7-10-18-23/h7,9-10,12-15,17-18,20H,1-6,8,11,16,19H2/q+1. The average Bonchev–Trinajstić information content (AvgIpc) is 2.67. The van der Waals surface area contributed by atoms with Crippen LogP contribution >= 0.6 is 0 Å².